The number of fused-ring (bicyclic) bond motifs is 3. The summed E-state index contributed by atoms with van der Waals surface area (Å²) in [6, 6.07) is 4.73. The van der Waals surface area contributed by atoms with Gasteiger partial charge in [0.25, 0.3) is 5.56 Å². The van der Waals surface area contributed by atoms with E-state index in [-0.39, 0.29) is 17.7 Å². The fourth-order valence-corrected chi connectivity index (χ4v) is 2.67. The Morgan fingerprint density at radius 2 is 2.26 bits per heavy atom. The van der Waals surface area contributed by atoms with Crippen LogP contribution in [0.25, 0.3) is 22.1 Å². The Morgan fingerprint density at radius 1 is 1.52 bits per heavy atom. The molecular weight excluding hydrogens is 366 g/mol. The van der Waals surface area contributed by atoms with Gasteiger partial charge in [-0.05, 0) is 32.2 Å². The van der Waals surface area contributed by atoms with Crippen molar-refractivity contribution >= 4 is 44.0 Å². The smallest absolute Gasteiger partial charge is 0.320 e. The van der Waals surface area contributed by atoms with Crippen molar-refractivity contribution in [3.8, 4) is 0 Å². The monoisotopic (exact) mass is 379 g/mol. The highest BCUT2D eigenvalue weighted by Gasteiger charge is 2.19. The van der Waals surface area contributed by atoms with E-state index >= 15 is 0 Å². The summed E-state index contributed by atoms with van der Waals surface area (Å²) in [4.78, 5) is 31.9. The molecule has 0 amide bonds. The third kappa shape index (κ3) is 2.87. The van der Waals surface area contributed by atoms with Crippen molar-refractivity contribution in [1.82, 2.24) is 14.9 Å². The van der Waals surface area contributed by atoms with Gasteiger partial charge in [-0.1, -0.05) is 15.9 Å². The van der Waals surface area contributed by atoms with Crippen LogP contribution < -0.4 is 5.56 Å². The highest BCUT2D eigenvalue weighted by Crippen LogP contribution is 2.27. The first-order valence-electron chi connectivity index (χ1n) is 6.91. The number of hydrogen-bond donors (Lipinski definition) is 2. The number of carboxylic acids is 1. The molecule has 1 atom stereocenters. The molecular formula is C15H14BrN3O4. The maximum Gasteiger partial charge on any atom is 0.320 e. The number of carbonyl (C=O) groups is 1. The highest BCUT2D eigenvalue weighted by atomic mass is 79.9. The number of rotatable bonds is 4. The largest absolute Gasteiger partial charge is 0.480 e. The zero-order valence-electron chi connectivity index (χ0n) is 12.5. The van der Waals surface area contributed by atoms with Crippen molar-refractivity contribution in [2.24, 2.45) is 0 Å². The van der Waals surface area contributed by atoms with Gasteiger partial charge in [0, 0.05) is 9.86 Å². The molecule has 0 aliphatic heterocycles. The molecule has 0 aliphatic rings. The zero-order chi connectivity index (χ0) is 16.7. The normalized spacial score (nSPS) is 13.0. The molecule has 0 radical (unpaired) electrons. The molecule has 3 rings (SSSR count). The number of aromatic amines is 1. The average Bonchev–Trinajstić information content (AvgIpc) is 2.85. The van der Waals surface area contributed by atoms with Crippen molar-refractivity contribution < 1.29 is 14.3 Å². The predicted molar refractivity (Wildman–Crippen MR) is 88.4 cm³/mol. The summed E-state index contributed by atoms with van der Waals surface area (Å²) in [6.45, 7) is 1.78. The molecule has 23 heavy (non-hydrogen) atoms. The highest BCUT2D eigenvalue weighted by molar-refractivity contribution is 9.10. The fraction of sp³-hybridized carbons (Fsp3) is 0.267. The summed E-state index contributed by atoms with van der Waals surface area (Å²) in [7, 11) is 1.66. The maximum atomic E-state index is 12.2. The molecule has 0 fully saturated rings. The number of furan rings is 1. The number of carboxylic acid groups (broad SMARTS) is 1. The van der Waals surface area contributed by atoms with Gasteiger partial charge < -0.3 is 14.5 Å². The summed E-state index contributed by atoms with van der Waals surface area (Å²) in [5, 5.41) is 9.77. The Hall–Kier alpha value is -2.19. The number of H-pyrrole nitrogens is 1. The minimum atomic E-state index is -0.936. The van der Waals surface area contributed by atoms with Crippen molar-refractivity contribution in [2.45, 2.75) is 19.5 Å². The van der Waals surface area contributed by atoms with Gasteiger partial charge in [0.05, 0.1) is 6.54 Å². The summed E-state index contributed by atoms with van der Waals surface area (Å²) >= 11 is 3.39. The van der Waals surface area contributed by atoms with Gasteiger partial charge in [0.1, 0.15) is 23.0 Å². The zero-order valence-corrected chi connectivity index (χ0v) is 14.0. The van der Waals surface area contributed by atoms with Crippen LogP contribution in [-0.4, -0.2) is 39.0 Å². The first-order valence-corrected chi connectivity index (χ1v) is 7.70. The van der Waals surface area contributed by atoms with E-state index in [0.717, 1.165) is 9.86 Å². The van der Waals surface area contributed by atoms with Crippen LogP contribution >= 0.6 is 15.9 Å². The molecule has 2 aromatic heterocycles. The molecule has 0 saturated carbocycles. The van der Waals surface area contributed by atoms with Crippen LogP contribution in [0.15, 0.2) is 31.9 Å². The van der Waals surface area contributed by atoms with E-state index in [4.69, 9.17) is 9.52 Å². The first-order chi connectivity index (χ1) is 10.9. The van der Waals surface area contributed by atoms with Gasteiger partial charge in [-0.3, -0.25) is 14.5 Å². The molecule has 120 valence electrons. The quantitative estimate of drug-likeness (QED) is 0.721. The van der Waals surface area contributed by atoms with Crippen molar-refractivity contribution in [2.75, 3.05) is 7.05 Å². The summed E-state index contributed by atoms with van der Waals surface area (Å²) in [5.41, 5.74) is 0.825. The number of nitrogens with one attached hydrogen (secondary N) is 1. The molecule has 7 nitrogen and oxygen atoms in total. The van der Waals surface area contributed by atoms with E-state index in [9.17, 15) is 9.59 Å². The Labute approximate surface area is 139 Å². The Kier molecular flexibility index (Phi) is 3.95. The van der Waals surface area contributed by atoms with Gasteiger partial charge in [-0.15, -0.1) is 0 Å². The van der Waals surface area contributed by atoms with Crippen LogP contribution in [0.3, 0.4) is 0 Å². The number of likely N-dealkylation sites (N-methyl/N-ethyl adjacent to an activating group) is 1. The predicted octanol–water partition coefficient (Wildman–Crippen LogP) is 2.34. The average molecular weight is 380 g/mol. The number of hydrogen-bond acceptors (Lipinski definition) is 5. The molecule has 0 saturated heterocycles. The summed E-state index contributed by atoms with van der Waals surface area (Å²) in [5.74, 6) is -0.547. The lowest BCUT2D eigenvalue weighted by molar-refractivity contribution is -0.142. The molecule has 2 N–H and O–H groups in total. The molecule has 2 heterocycles. The van der Waals surface area contributed by atoms with Crippen molar-refractivity contribution in [3.05, 3.63) is 38.9 Å². The van der Waals surface area contributed by atoms with Crippen LogP contribution in [0.5, 0.6) is 0 Å². The Balaban J connectivity index is 2.09. The molecule has 3 aromatic rings. The fourth-order valence-electron chi connectivity index (χ4n) is 2.31. The molecule has 8 heteroatoms. The number of halogens is 1. The summed E-state index contributed by atoms with van der Waals surface area (Å²) < 4.78 is 6.40. The lowest BCUT2D eigenvalue weighted by Gasteiger charge is -2.20. The first kappa shape index (κ1) is 15.7. The third-order valence-electron chi connectivity index (χ3n) is 3.75. The van der Waals surface area contributed by atoms with E-state index in [0.29, 0.717) is 16.9 Å². The molecule has 0 bridgehead atoms. The van der Waals surface area contributed by atoms with Gasteiger partial charge in [0.15, 0.2) is 0 Å². The molecule has 0 spiro atoms. The second-order valence-corrected chi connectivity index (χ2v) is 6.28. The van der Waals surface area contributed by atoms with Gasteiger partial charge in [-0.2, -0.15) is 0 Å². The minimum Gasteiger partial charge on any atom is -0.480 e. The number of aromatic nitrogens is 2. The van der Waals surface area contributed by atoms with Gasteiger partial charge >= 0.3 is 5.97 Å². The van der Waals surface area contributed by atoms with Crippen LogP contribution in [0, 0.1) is 0 Å². The molecule has 1 unspecified atom stereocenters. The maximum absolute atomic E-state index is 12.2. The van der Waals surface area contributed by atoms with Crippen molar-refractivity contribution in [1.29, 1.82) is 0 Å². The van der Waals surface area contributed by atoms with Gasteiger partial charge in [0.2, 0.25) is 5.58 Å². The second kappa shape index (κ2) is 5.78. The van der Waals surface area contributed by atoms with E-state index in [1.165, 1.54) is 0 Å². The van der Waals surface area contributed by atoms with E-state index in [2.05, 4.69) is 25.9 Å². The standard InChI is InChI=1S/C15H14BrN3O4/c1-7(15(21)22)19(2)6-11-17-12-9-5-8(16)3-4-10(9)23-13(12)14(20)18-11/h3-5,7H,6H2,1-2H3,(H,21,22)(H,17,18,20). The molecule has 1 aromatic carbocycles. The lowest BCUT2D eigenvalue weighted by atomic mass is 10.2. The Morgan fingerprint density at radius 3 is 2.96 bits per heavy atom. The van der Waals surface area contributed by atoms with Gasteiger partial charge in [-0.25, -0.2) is 4.98 Å². The number of nitrogens with zero attached hydrogens (tertiary/aromatic N) is 2. The minimum absolute atomic E-state index is 0.163. The van der Waals surface area contributed by atoms with Crippen LogP contribution in [0.1, 0.15) is 12.7 Å². The number of aliphatic carboxylic acids is 1. The third-order valence-corrected chi connectivity index (χ3v) is 4.25. The SMILES string of the molecule is CC(C(=O)O)N(C)Cc1nc2c(oc3ccc(Br)cc32)c(=O)[nH]1. The van der Waals surface area contributed by atoms with Crippen molar-refractivity contribution in [3.63, 3.8) is 0 Å². The van der Waals surface area contributed by atoms with Crippen LogP contribution in [0.4, 0.5) is 0 Å². The number of benzene rings is 1. The van der Waals surface area contributed by atoms with E-state index < -0.39 is 12.0 Å². The van der Waals surface area contributed by atoms with Crippen LogP contribution in [-0.2, 0) is 11.3 Å². The lowest BCUT2D eigenvalue weighted by Crippen LogP contribution is -2.36. The van der Waals surface area contributed by atoms with E-state index in [1.807, 2.05) is 12.1 Å². The van der Waals surface area contributed by atoms with E-state index in [1.54, 1.807) is 24.9 Å². The second-order valence-electron chi connectivity index (χ2n) is 5.36. The topological polar surface area (TPSA) is 99.4 Å². The summed E-state index contributed by atoms with van der Waals surface area (Å²) in [6.07, 6.45) is 0. The molecule has 0 aliphatic carbocycles. The van der Waals surface area contributed by atoms with Crippen LogP contribution in [0.2, 0.25) is 0 Å². The Bertz CT molecular complexity index is 962.